The number of carboxylic acids is 1. The summed E-state index contributed by atoms with van der Waals surface area (Å²) >= 11 is 0. The largest absolute Gasteiger partial charge is 0.480 e. The maximum absolute atomic E-state index is 13.1. The predicted octanol–water partition coefficient (Wildman–Crippen LogP) is -2.34. The van der Waals surface area contributed by atoms with Crippen molar-refractivity contribution in [1.82, 2.24) is 16.0 Å². The van der Waals surface area contributed by atoms with Gasteiger partial charge in [-0.1, -0.05) is 30.3 Å². The van der Waals surface area contributed by atoms with Gasteiger partial charge in [-0.2, -0.15) is 0 Å². The molecule has 0 aliphatic rings. The number of guanidine groups is 1. The average Bonchev–Trinajstić information content (AvgIpc) is 2.88. The number of unbranched alkanes of at least 4 members (excludes halogenated alkanes) is 1. The van der Waals surface area contributed by atoms with E-state index in [9.17, 15) is 29.4 Å². The Morgan fingerprint density at radius 2 is 1.51 bits per heavy atom. The summed E-state index contributed by atoms with van der Waals surface area (Å²) in [7, 11) is 0. The first-order chi connectivity index (χ1) is 18.5. The first-order valence-corrected chi connectivity index (χ1v) is 12.8. The van der Waals surface area contributed by atoms with Gasteiger partial charge in [0.25, 0.3) is 0 Å². The maximum Gasteiger partial charge on any atom is 0.326 e. The Morgan fingerprint density at radius 3 is 2.08 bits per heavy atom. The minimum Gasteiger partial charge on any atom is -0.480 e. The number of amides is 3. The van der Waals surface area contributed by atoms with Gasteiger partial charge >= 0.3 is 5.97 Å². The average molecular weight is 551 g/mol. The van der Waals surface area contributed by atoms with Crippen LogP contribution >= 0.6 is 0 Å². The number of nitrogens with one attached hydrogen (secondary N) is 3. The highest BCUT2D eigenvalue weighted by atomic mass is 16.4. The Bertz CT molecular complexity index is 955. The molecule has 0 heterocycles. The molecular weight excluding hydrogens is 508 g/mol. The van der Waals surface area contributed by atoms with E-state index in [2.05, 4.69) is 20.9 Å². The molecule has 0 bridgehead atoms. The van der Waals surface area contributed by atoms with Crippen molar-refractivity contribution in [2.24, 2.45) is 27.9 Å². The quantitative estimate of drug-likeness (QED) is 0.0534. The predicted molar refractivity (Wildman–Crippen MR) is 146 cm³/mol. The lowest BCUT2D eigenvalue weighted by atomic mass is 10.0. The van der Waals surface area contributed by atoms with Crippen LogP contribution in [-0.4, -0.2) is 83.2 Å². The van der Waals surface area contributed by atoms with Gasteiger partial charge in [0, 0.05) is 6.54 Å². The first kappa shape index (κ1) is 33.3. The van der Waals surface area contributed by atoms with Crippen molar-refractivity contribution in [2.75, 3.05) is 13.1 Å². The second-order valence-corrected chi connectivity index (χ2v) is 9.22. The Kier molecular flexibility index (Phi) is 15.1. The molecule has 0 fully saturated rings. The number of hydrogen-bond donors (Lipinski definition) is 9. The molecule has 0 radical (unpaired) electrons. The van der Waals surface area contributed by atoms with E-state index >= 15 is 0 Å². The topological polar surface area (TPSA) is 261 Å². The van der Waals surface area contributed by atoms with E-state index in [1.807, 2.05) is 18.2 Å². The summed E-state index contributed by atoms with van der Waals surface area (Å²) in [6.07, 6.45) is 0.420. The van der Waals surface area contributed by atoms with Gasteiger partial charge in [-0.3, -0.25) is 19.4 Å². The van der Waals surface area contributed by atoms with Gasteiger partial charge in [0.05, 0.1) is 12.1 Å². The highest BCUT2D eigenvalue weighted by molar-refractivity contribution is 5.94. The summed E-state index contributed by atoms with van der Waals surface area (Å²) in [6, 6.07) is 4.28. The van der Waals surface area contributed by atoms with Gasteiger partial charge in [0.1, 0.15) is 18.1 Å². The number of carboxylic acid groups (broad SMARTS) is 1. The molecule has 0 saturated heterocycles. The summed E-state index contributed by atoms with van der Waals surface area (Å²) in [5.74, 6) is -3.60. The number of aliphatic hydroxyl groups is 1. The Hall–Kier alpha value is -3.75. The molecule has 0 aromatic heterocycles. The molecule has 14 heteroatoms. The molecule has 1 aromatic rings. The van der Waals surface area contributed by atoms with Gasteiger partial charge in [-0.15, -0.1) is 0 Å². The van der Waals surface area contributed by atoms with Gasteiger partial charge < -0.3 is 49.1 Å². The van der Waals surface area contributed by atoms with Crippen molar-refractivity contribution < 1.29 is 29.4 Å². The van der Waals surface area contributed by atoms with Crippen LogP contribution in [0.3, 0.4) is 0 Å². The van der Waals surface area contributed by atoms with Gasteiger partial charge in [0.15, 0.2) is 5.96 Å². The third-order valence-electron chi connectivity index (χ3n) is 5.84. The van der Waals surface area contributed by atoms with E-state index in [1.54, 1.807) is 12.1 Å². The van der Waals surface area contributed by atoms with Crippen molar-refractivity contribution in [3.8, 4) is 0 Å². The third-order valence-corrected chi connectivity index (χ3v) is 5.84. The van der Waals surface area contributed by atoms with Crippen LogP contribution in [-0.2, 0) is 25.6 Å². The molecule has 0 aliphatic carbocycles. The van der Waals surface area contributed by atoms with Crippen LogP contribution in [0, 0.1) is 0 Å². The van der Waals surface area contributed by atoms with Crippen LogP contribution in [0.4, 0.5) is 0 Å². The van der Waals surface area contributed by atoms with Crippen molar-refractivity contribution in [1.29, 1.82) is 0 Å². The highest BCUT2D eigenvalue weighted by Crippen LogP contribution is 2.07. The number of nitrogens with zero attached hydrogens (tertiary/aromatic N) is 1. The maximum atomic E-state index is 13.1. The molecule has 0 aliphatic heterocycles. The smallest absolute Gasteiger partial charge is 0.326 e. The Labute approximate surface area is 228 Å². The molecule has 1 rings (SSSR count). The molecule has 3 amide bonds. The number of nitrogens with two attached hydrogens (primary N) is 4. The van der Waals surface area contributed by atoms with Gasteiger partial charge in [0.2, 0.25) is 17.7 Å². The Morgan fingerprint density at radius 1 is 0.897 bits per heavy atom. The van der Waals surface area contributed by atoms with Crippen LogP contribution in [0.25, 0.3) is 0 Å². The summed E-state index contributed by atoms with van der Waals surface area (Å²) in [5, 5.41) is 27.1. The summed E-state index contributed by atoms with van der Waals surface area (Å²) in [5.41, 5.74) is 22.9. The standard InChI is InChI=1S/C25H42N8O6/c1-15(34)20(33-21(35)17(27)14-16-8-3-2-4-9-16)23(37)31-18(10-5-6-12-26)22(36)32-19(24(38)39)11-7-13-30-25(28)29/h2-4,8-9,15,17-20,34H,5-7,10-14,26-27H2,1H3,(H,31,37)(H,32,36)(H,33,35)(H,38,39)(H4,28,29,30). The number of carbonyl (C=O) groups excluding carboxylic acids is 3. The van der Waals surface area contributed by atoms with E-state index in [0.29, 0.717) is 25.8 Å². The van der Waals surface area contributed by atoms with Crippen LogP contribution in [0.2, 0.25) is 0 Å². The lowest BCUT2D eigenvalue weighted by molar-refractivity contribution is -0.142. The first-order valence-electron chi connectivity index (χ1n) is 12.8. The van der Waals surface area contributed by atoms with Crippen molar-refractivity contribution in [3.05, 3.63) is 35.9 Å². The highest BCUT2D eigenvalue weighted by Gasteiger charge is 2.32. The molecule has 13 N–H and O–H groups in total. The van der Waals surface area contributed by atoms with Crippen molar-refractivity contribution >= 4 is 29.7 Å². The van der Waals surface area contributed by atoms with Crippen LogP contribution < -0.4 is 38.9 Å². The Balaban J connectivity index is 2.90. The zero-order valence-corrected chi connectivity index (χ0v) is 22.2. The van der Waals surface area contributed by atoms with Crippen LogP contribution in [0.1, 0.15) is 44.6 Å². The van der Waals surface area contributed by atoms with Crippen molar-refractivity contribution in [2.45, 2.75) is 75.7 Å². The van der Waals surface area contributed by atoms with Gasteiger partial charge in [-0.25, -0.2) is 4.79 Å². The summed E-state index contributed by atoms with van der Waals surface area (Å²) < 4.78 is 0. The van der Waals surface area contributed by atoms with E-state index in [4.69, 9.17) is 22.9 Å². The molecule has 5 unspecified atom stereocenters. The normalized spacial score (nSPS) is 14.7. The third kappa shape index (κ3) is 13.0. The molecule has 0 spiro atoms. The monoisotopic (exact) mass is 550 g/mol. The van der Waals surface area contributed by atoms with E-state index in [-0.39, 0.29) is 31.8 Å². The SMILES string of the molecule is CC(O)C(NC(=O)C(N)Cc1ccccc1)C(=O)NC(CCCCN)C(=O)NC(CCCN=C(N)N)C(=O)O. The fourth-order valence-corrected chi connectivity index (χ4v) is 3.68. The fourth-order valence-electron chi connectivity index (χ4n) is 3.68. The minimum atomic E-state index is -1.40. The minimum absolute atomic E-state index is 0.0486. The van der Waals surface area contributed by atoms with Crippen molar-refractivity contribution in [3.63, 3.8) is 0 Å². The van der Waals surface area contributed by atoms with Crippen LogP contribution in [0.15, 0.2) is 35.3 Å². The van der Waals surface area contributed by atoms with Gasteiger partial charge in [-0.05, 0) is 57.6 Å². The van der Waals surface area contributed by atoms with E-state index in [1.165, 1.54) is 6.92 Å². The number of aliphatic hydroxyl groups excluding tert-OH is 1. The zero-order chi connectivity index (χ0) is 29.4. The number of aliphatic imine (C=N–C) groups is 1. The second-order valence-electron chi connectivity index (χ2n) is 9.22. The molecule has 39 heavy (non-hydrogen) atoms. The number of carbonyl (C=O) groups is 4. The molecule has 0 saturated carbocycles. The van der Waals surface area contributed by atoms with E-state index in [0.717, 1.165) is 5.56 Å². The molecule has 1 aromatic carbocycles. The fraction of sp³-hybridized carbons (Fsp3) is 0.560. The second kappa shape index (κ2) is 17.7. The molecule has 5 atom stereocenters. The lowest BCUT2D eigenvalue weighted by Gasteiger charge is -2.26. The lowest BCUT2D eigenvalue weighted by Crippen LogP contribution is -2.60. The summed E-state index contributed by atoms with van der Waals surface area (Å²) in [6.45, 7) is 1.85. The zero-order valence-electron chi connectivity index (χ0n) is 22.2. The molecule has 218 valence electrons. The van der Waals surface area contributed by atoms with E-state index < -0.39 is 54.0 Å². The summed E-state index contributed by atoms with van der Waals surface area (Å²) in [4.78, 5) is 54.2. The number of hydrogen-bond acceptors (Lipinski definition) is 8. The number of aliphatic carboxylic acids is 1. The molecular formula is C25H42N8O6. The number of benzene rings is 1. The number of rotatable bonds is 18. The molecule has 14 nitrogen and oxygen atoms in total. The van der Waals surface area contributed by atoms with Crippen LogP contribution in [0.5, 0.6) is 0 Å².